The quantitative estimate of drug-likeness (QED) is 0.129. The van der Waals surface area contributed by atoms with Crippen LogP contribution in [0.2, 0.25) is 0 Å². The normalized spacial score (nSPS) is 12.2. The van der Waals surface area contributed by atoms with Crippen molar-refractivity contribution in [3.63, 3.8) is 0 Å². The molecule has 0 radical (unpaired) electrons. The van der Waals surface area contributed by atoms with Crippen LogP contribution in [0.1, 0.15) is 20.3 Å². The lowest BCUT2D eigenvalue weighted by Gasteiger charge is -2.27. The molecule has 1 atom stereocenters. The van der Waals surface area contributed by atoms with Gasteiger partial charge in [0.05, 0.1) is 6.61 Å². The van der Waals surface area contributed by atoms with E-state index in [2.05, 4.69) is 108 Å². The monoisotopic (exact) mass is 551 g/mol. The van der Waals surface area contributed by atoms with E-state index in [-0.39, 0.29) is 11.2 Å². The third-order valence-corrected chi connectivity index (χ3v) is 12.3. The number of benzene rings is 4. The van der Waals surface area contributed by atoms with Crippen LogP contribution in [0.25, 0.3) is 11.4 Å². The summed E-state index contributed by atoms with van der Waals surface area (Å²) in [4.78, 5) is 21.9. The molecule has 1 aromatic heterocycles. The number of nitrogens with one attached hydrogen (secondary N) is 1. The van der Waals surface area contributed by atoms with Gasteiger partial charge in [0.15, 0.2) is 12.3 Å². The summed E-state index contributed by atoms with van der Waals surface area (Å²) >= 11 is 1.50. The Labute approximate surface area is 235 Å². The molecular weight excluding hydrogens is 519 g/mol. The van der Waals surface area contributed by atoms with Crippen molar-refractivity contribution in [2.24, 2.45) is 0 Å². The third kappa shape index (κ3) is 5.43. The van der Waals surface area contributed by atoms with Crippen LogP contribution in [0.3, 0.4) is 0 Å². The van der Waals surface area contributed by atoms with E-state index in [1.165, 1.54) is 27.7 Å². The maximum atomic E-state index is 13.0. The minimum absolute atomic E-state index is 0.205. The van der Waals surface area contributed by atoms with E-state index in [0.717, 1.165) is 21.8 Å². The Hall–Kier alpha value is -3.66. The molecule has 0 aliphatic carbocycles. The van der Waals surface area contributed by atoms with E-state index >= 15 is 0 Å². The molecule has 5 rings (SSSR count). The van der Waals surface area contributed by atoms with Crippen LogP contribution in [0, 0.1) is 0 Å². The van der Waals surface area contributed by atoms with E-state index in [9.17, 15) is 4.79 Å². The molecule has 0 unspecified atom stereocenters. The fraction of sp³-hybridized carbons (Fsp3) is 0.152. The maximum Gasteiger partial charge on any atom is 0.319 e. The van der Waals surface area contributed by atoms with Crippen LogP contribution in [-0.4, -0.2) is 27.8 Å². The van der Waals surface area contributed by atoms with Crippen molar-refractivity contribution in [2.75, 3.05) is 6.61 Å². The van der Waals surface area contributed by atoms with Crippen molar-refractivity contribution in [2.45, 2.75) is 30.5 Å². The minimum Gasteiger partial charge on any atom is -0.465 e. The smallest absolute Gasteiger partial charge is 0.319 e. The molecule has 0 spiro atoms. The van der Waals surface area contributed by atoms with Gasteiger partial charge >= 0.3 is 5.97 Å². The van der Waals surface area contributed by atoms with Gasteiger partial charge in [0, 0.05) is 5.56 Å². The van der Waals surface area contributed by atoms with Crippen molar-refractivity contribution in [3.8, 4) is 11.4 Å². The summed E-state index contributed by atoms with van der Waals surface area (Å²) in [6.07, 6.45) is 0.643. The summed E-state index contributed by atoms with van der Waals surface area (Å²) in [6.45, 7) is 4.22. The molecule has 0 saturated heterocycles. The van der Waals surface area contributed by atoms with Gasteiger partial charge in [0.1, 0.15) is 27.0 Å². The number of ether oxygens (including phenoxy) is 1. The molecule has 0 aliphatic heterocycles. The Bertz CT molecular complexity index is 1400. The van der Waals surface area contributed by atoms with E-state index in [0.29, 0.717) is 13.0 Å². The van der Waals surface area contributed by atoms with Gasteiger partial charge in [-0.3, -0.25) is 4.79 Å². The van der Waals surface area contributed by atoms with Crippen LogP contribution < -0.4 is 21.3 Å². The first-order chi connectivity index (χ1) is 19.2. The highest BCUT2D eigenvalue weighted by Gasteiger charge is 2.52. The number of rotatable bonds is 10. The standard InChI is InChI=1S/C33H32N2O2PS/c1-3-29(33(36)37-4-2)39-32-31(34-30(35-32)25-17-9-5-10-18-25)38(26-19-11-6-12-20-26,27-21-13-7-14-22-27)28-23-15-8-16-24-28/h5-24,29H,3-4H2,1-2H3,(H,34,35)/q+1/t29-/m0/s1. The average Bonchev–Trinajstić information content (AvgIpc) is 3.42. The molecule has 196 valence electrons. The topological polar surface area (TPSA) is 55.0 Å². The van der Waals surface area contributed by atoms with Crippen LogP contribution in [-0.2, 0) is 9.53 Å². The molecule has 0 fully saturated rings. The second kappa shape index (κ2) is 12.5. The zero-order valence-corrected chi connectivity index (χ0v) is 23.9. The summed E-state index contributed by atoms with van der Waals surface area (Å²) in [5.74, 6) is 0.585. The van der Waals surface area contributed by atoms with Crippen molar-refractivity contribution in [1.29, 1.82) is 0 Å². The number of esters is 1. The highest BCUT2D eigenvalue weighted by atomic mass is 32.2. The summed E-state index contributed by atoms with van der Waals surface area (Å²) in [5.41, 5.74) is 2.04. The minimum atomic E-state index is -2.45. The number of aromatic nitrogens is 2. The SMILES string of the molecule is CCOC(=O)[C@H](CC)Sc1nc(-c2ccccc2)[nH]c1[P+](c1ccccc1)(c1ccccc1)c1ccccc1. The van der Waals surface area contributed by atoms with Crippen LogP contribution in [0.4, 0.5) is 0 Å². The summed E-state index contributed by atoms with van der Waals surface area (Å²) in [6, 6.07) is 42.2. The Balaban J connectivity index is 1.84. The molecule has 5 aromatic rings. The maximum absolute atomic E-state index is 13.0. The number of nitrogens with zero attached hydrogens (tertiary/aromatic N) is 1. The van der Waals surface area contributed by atoms with Crippen molar-refractivity contribution < 1.29 is 9.53 Å². The largest absolute Gasteiger partial charge is 0.465 e. The average molecular weight is 552 g/mol. The molecular formula is C33H32N2O2PS+. The zero-order valence-electron chi connectivity index (χ0n) is 22.2. The van der Waals surface area contributed by atoms with Gasteiger partial charge in [-0.2, -0.15) is 0 Å². The molecule has 1 N–H and O–H groups in total. The number of aromatic amines is 1. The number of hydrogen-bond acceptors (Lipinski definition) is 4. The van der Waals surface area contributed by atoms with Gasteiger partial charge in [-0.05, 0) is 49.7 Å². The first-order valence-corrected chi connectivity index (χ1v) is 15.9. The Morgan fingerprint density at radius 2 is 1.23 bits per heavy atom. The van der Waals surface area contributed by atoms with Gasteiger partial charge in [-0.15, -0.1) is 0 Å². The number of carbonyl (C=O) groups is 1. The molecule has 0 aliphatic rings. The van der Waals surface area contributed by atoms with Crippen molar-refractivity contribution in [3.05, 3.63) is 121 Å². The molecule has 0 bridgehead atoms. The Morgan fingerprint density at radius 3 is 1.67 bits per heavy atom. The van der Waals surface area contributed by atoms with Gasteiger partial charge < -0.3 is 9.72 Å². The highest BCUT2D eigenvalue weighted by Crippen LogP contribution is 2.55. The van der Waals surface area contributed by atoms with Gasteiger partial charge in [0.25, 0.3) is 0 Å². The van der Waals surface area contributed by atoms with Gasteiger partial charge in [-0.1, -0.05) is 104 Å². The molecule has 6 heteroatoms. The Morgan fingerprint density at radius 1 is 0.769 bits per heavy atom. The van der Waals surface area contributed by atoms with Gasteiger partial charge in [-0.25, -0.2) is 4.98 Å². The fourth-order valence-electron chi connectivity index (χ4n) is 4.85. The first-order valence-electron chi connectivity index (χ1n) is 13.2. The van der Waals surface area contributed by atoms with Crippen LogP contribution >= 0.6 is 19.0 Å². The second-order valence-electron chi connectivity index (χ2n) is 9.05. The highest BCUT2D eigenvalue weighted by molar-refractivity contribution is 8.04. The lowest BCUT2D eigenvalue weighted by Crippen LogP contribution is -2.40. The van der Waals surface area contributed by atoms with Gasteiger partial charge in [0.2, 0.25) is 5.44 Å². The molecule has 4 nitrogen and oxygen atoms in total. The zero-order chi connectivity index (χ0) is 27.1. The summed E-state index contributed by atoms with van der Waals surface area (Å²) < 4.78 is 5.45. The molecule has 1 heterocycles. The number of carbonyl (C=O) groups excluding carboxylic acids is 1. The number of imidazole rings is 1. The molecule has 39 heavy (non-hydrogen) atoms. The van der Waals surface area contributed by atoms with E-state index < -0.39 is 7.26 Å². The van der Waals surface area contributed by atoms with E-state index in [1.807, 2.05) is 32.0 Å². The Kier molecular flexibility index (Phi) is 8.61. The predicted molar refractivity (Wildman–Crippen MR) is 165 cm³/mol. The van der Waals surface area contributed by atoms with Crippen molar-refractivity contribution in [1.82, 2.24) is 9.97 Å². The molecule has 0 saturated carbocycles. The second-order valence-corrected chi connectivity index (χ2v) is 13.6. The van der Waals surface area contributed by atoms with Crippen LogP contribution in [0.15, 0.2) is 126 Å². The number of thioether (sulfide) groups is 1. The summed E-state index contributed by atoms with van der Waals surface area (Å²) in [5, 5.41) is 4.13. The molecule has 0 amide bonds. The molecule has 4 aromatic carbocycles. The van der Waals surface area contributed by atoms with Crippen molar-refractivity contribution >= 4 is 46.3 Å². The third-order valence-electron chi connectivity index (χ3n) is 6.64. The predicted octanol–water partition coefficient (Wildman–Crippen LogP) is 6.13. The number of hydrogen-bond donors (Lipinski definition) is 1. The lowest BCUT2D eigenvalue weighted by molar-refractivity contribution is -0.142. The summed E-state index contributed by atoms with van der Waals surface area (Å²) in [7, 11) is -2.45. The fourth-order valence-corrected chi connectivity index (χ4v) is 10.5. The van der Waals surface area contributed by atoms with E-state index in [4.69, 9.17) is 9.72 Å². The number of H-pyrrole nitrogens is 1. The first kappa shape index (κ1) is 26.9. The lowest BCUT2D eigenvalue weighted by atomic mass is 10.2. The van der Waals surface area contributed by atoms with E-state index in [1.54, 1.807) is 0 Å². The van der Waals surface area contributed by atoms with Crippen LogP contribution in [0.5, 0.6) is 0 Å².